The van der Waals surface area contributed by atoms with Crippen LogP contribution in [0.1, 0.15) is 19.5 Å². The van der Waals surface area contributed by atoms with Gasteiger partial charge in [-0.15, -0.1) is 0 Å². The van der Waals surface area contributed by atoms with E-state index >= 15 is 0 Å². The number of nitrogens with one attached hydrogen (secondary N) is 3. The first-order valence-corrected chi connectivity index (χ1v) is 8.32. The number of aromatic nitrogens is 4. The summed E-state index contributed by atoms with van der Waals surface area (Å²) in [6.07, 6.45) is 7.83. The van der Waals surface area contributed by atoms with Gasteiger partial charge in [0.2, 0.25) is 5.95 Å². The molecule has 0 bridgehead atoms. The maximum absolute atomic E-state index is 12.6. The lowest BCUT2D eigenvalue weighted by Crippen LogP contribution is -2.16. The summed E-state index contributed by atoms with van der Waals surface area (Å²) >= 11 is 0. The Kier molecular flexibility index (Phi) is 6.76. The average Bonchev–Trinajstić information content (AvgIpc) is 2.64. The number of rotatable bonds is 7. The van der Waals surface area contributed by atoms with Crippen molar-refractivity contribution < 1.29 is 4.79 Å². The van der Waals surface area contributed by atoms with Crippen LogP contribution in [-0.4, -0.2) is 32.9 Å². The van der Waals surface area contributed by atoms with Crippen LogP contribution in [0.5, 0.6) is 0 Å². The van der Waals surface area contributed by atoms with Crippen LogP contribution in [0, 0.1) is 6.92 Å². The average molecular weight is 365 g/mol. The number of nitrogens with zero attached hydrogens (tertiary/aromatic N) is 4. The molecular formula is C19H23N7O. The normalized spacial score (nSPS) is 10.7. The zero-order valence-electron chi connectivity index (χ0n) is 15.9. The highest BCUT2D eigenvalue weighted by Gasteiger charge is 2.12. The number of amides is 1. The summed E-state index contributed by atoms with van der Waals surface area (Å²) in [7, 11) is 1.79. The van der Waals surface area contributed by atoms with Gasteiger partial charge in [0, 0.05) is 42.5 Å². The quantitative estimate of drug-likeness (QED) is 0.511. The summed E-state index contributed by atoms with van der Waals surface area (Å²) < 4.78 is 0. The van der Waals surface area contributed by atoms with E-state index in [0.717, 1.165) is 11.3 Å². The Morgan fingerprint density at radius 1 is 1.15 bits per heavy atom. The van der Waals surface area contributed by atoms with Crippen molar-refractivity contribution in [1.82, 2.24) is 19.9 Å². The summed E-state index contributed by atoms with van der Waals surface area (Å²) in [5.41, 5.74) is 2.71. The molecule has 3 N–H and O–H groups in total. The van der Waals surface area contributed by atoms with Crippen LogP contribution in [0.3, 0.4) is 0 Å². The number of hydrogen-bond donors (Lipinski definition) is 3. The van der Waals surface area contributed by atoms with Crippen LogP contribution in [0.4, 0.5) is 17.6 Å². The molecule has 0 aromatic carbocycles. The minimum absolute atomic E-state index is 0.294. The highest BCUT2D eigenvalue weighted by atomic mass is 16.1. The van der Waals surface area contributed by atoms with Crippen molar-refractivity contribution in [2.75, 3.05) is 23.0 Å². The number of carbonyl (C=O) groups excluding carboxylic acids is 1. The molecule has 0 spiro atoms. The zero-order valence-corrected chi connectivity index (χ0v) is 15.9. The molecule has 2 aromatic rings. The van der Waals surface area contributed by atoms with Crippen molar-refractivity contribution in [1.29, 1.82) is 0 Å². The molecule has 0 aliphatic heterocycles. The lowest BCUT2D eigenvalue weighted by atomic mass is 10.1. The number of anilines is 3. The third-order valence-corrected chi connectivity index (χ3v) is 3.47. The number of carbonyl (C=O) groups is 1. The molecule has 0 aliphatic rings. The lowest BCUT2D eigenvalue weighted by Gasteiger charge is -2.11. The summed E-state index contributed by atoms with van der Waals surface area (Å²) in [5.74, 6) is 1.19. The van der Waals surface area contributed by atoms with Gasteiger partial charge in [-0.3, -0.25) is 9.78 Å². The maximum atomic E-state index is 12.6. The fraction of sp³-hybridized carbons (Fsp3) is 0.211. The Labute approximate surface area is 158 Å². The van der Waals surface area contributed by atoms with Gasteiger partial charge in [0.05, 0.1) is 6.20 Å². The van der Waals surface area contributed by atoms with E-state index in [9.17, 15) is 4.79 Å². The molecule has 2 rings (SSSR count). The Balaban J connectivity index is 2.27. The monoisotopic (exact) mass is 365 g/mol. The van der Waals surface area contributed by atoms with Crippen molar-refractivity contribution in [2.45, 2.75) is 20.8 Å². The van der Waals surface area contributed by atoms with Crippen LogP contribution in [0.25, 0.3) is 0 Å². The van der Waals surface area contributed by atoms with Crippen molar-refractivity contribution in [2.24, 2.45) is 0 Å². The van der Waals surface area contributed by atoms with Crippen LogP contribution in [0.2, 0.25) is 0 Å². The van der Waals surface area contributed by atoms with Gasteiger partial charge in [-0.25, -0.2) is 9.97 Å². The fourth-order valence-corrected chi connectivity index (χ4v) is 2.17. The molecule has 8 heteroatoms. The Bertz CT molecular complexity index is 884. The highest BCUT2D eigenvalue weighted by Crippen LogP contribution is 2.15. The van der Waals surface area contributed by atoms with Gasteiger partial charge < -0.3 is 16.0 Å². The molecule has 0 saturated heterocycles. The van der Waals surface area contributed by atoms with Gasteiger partial charge in [-0.2, -0.15) is 4.98 Å². The molecule has 0 unspecified atom stereocenters. The zero-order chi connectivity index (χ0) is 19.8. The van der Waals surface area contributed by atoms with Crippen molar-refractivity contribution in [3.05, 3.63) is 65.9 Å². The predicted octanol–water partition coefficient (Wildman–Crippen LogP) is 3.07. The molecule has 0 atom stereocenters. The fourth-order valence-electron chi connectivity index (χ4n) is 2.17. The molecule has 2 heterocycles. The van der Waals surface area contributed by atoms with E-state index < -0.39 is 0 Å². The van der Waals surface area contributed by atoms with Crippen molar-refractivity contribution in [3.8, 4) is 0 Å². The van der Waals surface area contributed by atoms with E-state index in [2.05, 4.69) is 42.5 Å². The minimum Gasteiger partial charge on any atom is -0.373 e. The van der Waals surface area contributed by atoms with Crippen molar-refractivity contribution >= 4 is 23.5 Å². The second kappa shape index (κ2) is 9.23. The molecule has 0 saturated carbocycles. The molecule has 0 fully saturated rings. The first kappa shape index (κ1) is 19.8. The van der Waals surface area contributed by atoms with E-state index in [4.69, 9.17) is 0 Å². The van der Waals surface area contributed by atoms with Crippen LogP contribution < -0.4 is 16.0 Å². The Morgan fingerprint density at radius 2 is 1.93 bits per heavy atom. The summed E-state index contributed by atoms with van der Waals surface area (Å²) in [4.78, 5) is 29.3. The topological polar surface area (TPSA) is 105 Å². The van der Waals surface area contributed by atoms with Gasteiger partial charge >= 0.3 is 0 Å². The van der Waals surface area contributed by atoms with Crippen LogP contribution >= 0.6 is 0 Å². The van der Waals surface area contributed by atoms with Crippen LogP contribution in [0.15, 0.2) is 60.2 Å². The van der Waals surface area contributed by atoms with E-state index in [0.29, 0.717) is 28.9 Å². The van der Waals surface area contributed by atoms with Gasteiger partial charge in [0.15, 0.2) is 5.82 Å². The number of hydrogen-bond acceptors (Lipinski definition) is 7. The molecule has 2 aromatic heterocycles. The van der Waals surface area contributed by atoms with E-state index in [1.54, 1.807) is 25.4 Å². The molecule has 140 valence electrons. The van der Waals surface area contributed by atoms with Gasteiger partial charge in [0.25, 0.3) is 5.91 Å². The third kappa shape index (κ3) is 5.74. The minimum atomic E-state index is -0.294. The predicted molar refractivity (Wildman–Crippen MR) is 107 cm³/mol. The Hall–Kier alpha value is -3.55. The third-order valence-electron chi connectivity index (χ3n) is 3.47. The molecule has 0 radical (unpaired) electrons. The first-order chi connectivity index (χ1) is 12.9. The molecule has 27 heavy (non-hydrogen) atoms. The number of aryl methyl sites for hydroxylation is 1. The molecule has 8 nitrogen and oxygen atoms in total. The summed E-state index contributed by atoms with van der Waals surface area (Å²) in [5, 5.41) is 8.79. The smallest absolute Gasteiger partial charge is 0.256 e. The van der Waals surface area contributed by atoms with Crippen molar-refractivity contribution in [3.63, 3.8) is 0 Å². The summed E-state index contributed by atoms with van der Waals surface area (Å²) in [6, 6.07) is 1.83. The SMILES string of the molecule is C=C/C(=C\C(C(=O)Nc1cnccn1)=C(C)C)Nc1nc(C)cc(NC)n1. The maximum Gasteiger partial charge on any atom is 0.256 e. The second-order valence-electron chi connectivity index (χ2n) is 5.86. The Morgan fingerprint density at radius 3 is 2.52 bits per heavy atom. The van der Waals surface area contributed by atoms with Gasteiger partial charge in [-0.1, -0.05) is 12.2 Å². The standard InChI is InChI=1S/C19H23N7O/c1-6-14(24-19-23-13(4)9-16(20-5)26-19)10-15(12(2)3)18(27)25-17-11-21-7-8-22-17/h6-11H,1H2,2-5H3,(H,22,25,27)(H2,20,23,24,26)/b14-10+. The van der Waals surface area contributed by atoms with Gasteiger partial charge in [-0.05, 0) is 32.9 Å². The van der Waals surface area contributed by atoms with Gasteiger partial charge in [0.1, 0.15) is 5.82 Å². The van der Waals surface area contributed by atoms with E-state index in [1.165, 1.54) is 12.4 Å². The summed E-state index contributed by atoms with van der Waals surface area (Å²) in [6.45, 7) is 9.38. The van der Waals surface area contributed by atoms with E-state index in [1.807, 2.05) is 26.8 Å². The molecular weight excluding hydrogens is 342 g/mol. The lowest BCUT2D eigenvalue weighted by molar-refractivity contribution is -0.112. The number of allylic oxidation sites excluding steroid dienone is 2. The van der Waals surface area contributed by atoms with Crippen LogP contribution in [-0.2, 0) is 4.79 Å². The van der Waals surface area contributed by atoms with E-state index in [-0.39, 0.29) is 5.91 Å². The largest absolute Gasteiger partial charge is 0.373 e. The molecule has 0 aliphatic carbocycles. The first-order valence-electron chi connectivity index (χ1n) is 8.32. The highest BCUT2D eigenvalue weighted by molar-refractivity contribution is 6.05. The second-order valence-corrected chi connectivity index (χ2v) is 5.86. The molecule has 1 amide bonds.